The maximum absolute atomic E-state index is 10.7. The summed E-state index contributed by atoms with van der Waals surface area (Å²) in [6, 6.07) is 3.01. The van der Waals surface area contributed by atoms with Crippen LogP contribution in [0.15, 0.2) is 12.1 Å². The summed E-state index contributed by atoms with van der Waals surface area (Å²) in [5, 5.41) is 22.5. The van der Waals surface area contributed by atoms with E-state index in [1.54, 1.807) is 13.0 Å². The minimum absolute atomic E-state index is 0.0184. The second kappa shape index (κ2) is 7.93. The fourth-order valence-electron chi connectivity index (χ4n) is 1.56. The first-order chi connectivity index (χ1) is 9.06. The number of aliphatic hydroxyl groups excluding tert-OH is 1. The molecule has 1 rings (SSSR count). The molecular weight excluding hydrogens is 272 g/mol. The van der Waals surface area contributed by atoms with Crippen LogP contribution in [0, 0.1) is 17.0 Å². The molecule has 2 N–H and O–H groups in total. The van der Waals surface area contributed by atoms with Crippen LogP contribution in [0.2, 0.25) is 5.02 Å². The molecule has 0 radical (unpaired) electrons. The molecule has 0 atom stereocenters. The molecule has 19 heavy (non-hydrogen) atoms. The Morgan fingerprint density at radius 1 is 1.47 bits per heavy atom. The molecule has 0 saturated heterocycles. The highest BCUT2D eigenvalue weighted by Crippen LogP contribution is 2.30. The lowest BCUT2D eigenvalue weighted by Crippen LogP contribution is -2.08. The number of aliphatic hydroxyl groups is 1. The van der Waals surface area contributed by atoms with Crippen molar-refractivity contribution in [3.63, 3.8) is 0 Å². The largest absolute Gasteiger partial charge is 0.394 e. The number of nitrogens with zero attached hydrogens (tertiary/aromatic N) is 1. The van der Waals surface area contributed by atoms with Gasteiger partial charge in [-0.2, -0.15) is 0 Å². The molecule has 0 spiro atoms. The summed E-state index contributed by atoms with van der Waals surface area (Å²) >= 11 is 5.84. The minimum Gasteiger partial charge on any atom is -0.394 e. The number of anilines is 1. The highest BCUT2D eigenvalue weighted by Gasteiger charge is 2.14. The number of nitro groups is 1. The Balaban J connectivity index is 2.50. The SMILES string of the molecule is Cc1cc([N+](=O)[O-])c(Cl)cc1NCCCOCCO. The smallest absolute Gasteiger partial charge is 0.288 e. The summed E-state index contributed by atoms with van der Waals surface area (Å²) in [4.78, 5) is 10.2. The molecule has 1 aromatic rings. The van der Waals surface area contributed by atoms with Gasteiger partial charge in [0, 0.05) is 24.9 Å². The number of ether oxygens (including phenoxy) is 1. The van der Waals surface area contributed by atoms with E-state index >= 15 is 0 Å². The summed E-state index contributed by atoms with van der Waals surface area (Å²) in [7, 11) is 0. The standard InChI is InChI=1S/C12H17ClN2O4/c1-9-7-12(15(17)18)10(13)8-11(9)14-3-2-5-19-6-4-16/h7-8,14,16H,2-6H2,1H3. The van der Waals surface area contributed by atoms with Crippen molar-refractivity contribution in [1.82, 2.24) is 0 Å². The Kier molecular flexibility index (Phi) is 6.55. The zero-order valence-corrected chi connectivity index (χ0v) is 11.4. The van der Waals surface area contributed by atoms with E-state index < -0.39 is 4.92 Å². The molecule has 6 nitrogen and oxygen atoms in total. The number of aryl methyl sites for hydroxylation is 1. The van der Waals surface area contributed by atoms with Gasteiger partial charge in [0.05, 0.1) is 18.1 Å². The van der Waals surface area contributed by atoms with Crippen LogP contribution in [-0.4, -0.2) is 36.4 Å². The van der Waals surface area contributed by atoms with Crippen LogP contribution < -0.4 is 5.32 Å². The average Bonchev–Trinajstić information content (AvgIpc) is 2.36. The topological polar surface area (TPSA) is 84.6 Å². The number of halogens is 1. The van der Waals surface area contributed by atoms with E-state index in [-0.39, 0.29) is 17.3 Å². The van der Waals surface area contributed by atoms with Crippen molar-refractivity contribution in [2.75, 3.05) is 31.7 Å². The molecule has 1 aromatic carbocycles. The fourth-order valence-corrected chi connectivity index (χ4v) is 1.79. The van der Waals surface area contributed by atoms with E-state index in [4.69, 9.17) is 21.4 Å². The number of hydrogen-bond donors (Lipinski definition) is 2. The zero-order valence-electron chi connectivity index (χ0n) is 10.7. The van der Waals surface area contributed by atoms with E-state index in [1.807, 2.05) is 0 Å². The third kappa shape index (κ3) is 5.02. The van der Waals surface area contributed by atoms with Crippen LogP contribution >= 0.6 is 11.6 Å². The molecule has 0 aliphatic heterocycles. The van der Waals surface area contributed by atoms with Gasteiger partial charge in [0.1, 0.15) is 5.02 Å². The van der Waals surface area contributed by atoms with E-state index in [9.17, 15) is 10.1 Å². The molecule has 0 aliphatic rings. The lowest BCUT2D eigenvalue weighted by molar-refractivity contribution is -0.384. The third-order valence-corrected chi connectivity index (χ3v) is 2.81. The van der Waals surface area contributed by atoms with Crippen LogP contribution in [0.3, 0.4) is 0 Å². The van der Waals surface area contributed by atoms with E-state index in [2.05, 4.69) is 5.32 Å². The summed E-state index contributed by atoms with van der Waals surface area (Å²) in [5.41, 5.74) is 1.46. The van der Waals surface area contributed by atoms with Crippen molar-refractivity contribution in [3.8, 4) is 0 Å². The second-order valence-electron chi connectivity index (χ2n) is 3.99. The predicted octanol–water partition coefficient (Wildman–Crippen LogP) is 2.37. The third-order valence-electron chi connectivity index (χ3n) is 2.51. The van der Waals surface area contributed by atoms with Gasteiger partial charge < -0.3 is 15.2 Å². The lowest BCUT2D eigenvalue weighted by atomic mass is 10.1. The lowest BCUT2D eigenvalue weighted by Gasteiger charge is -2.10. The van der Waals surface area contributed by atoms with Gasteiger partial charge in [0.15, 0.2) is 0 Å². The van der Waals surface area contributed by atoms with Crippen molar-refractivity contribution in [1.29, 1.82) is 0 Å². The van der Waals surface area contributed by atoms with Crippen molar-refractivity contribution >= 4 is 23.0 Å². The quantitative estimate of drug-likeness (QED) is 0.436. The van der Waals surface area contributed by atoms with Gasteiger partial charge in [0.2, 0.25) is 0 Å². The van der Waals surface area contributed by atoms with Crippen molar-refractivity contribution < 1.29 is 14.8 Å². The first-order valence-electron chi connectivity index (χ1n) is 5.93. The van der Waals surface area contributed by atoms with Crippen LogP contribution in [0.5, 0.6) is 0 Å². The normalized spacial score (nSPS) is 10.5. The highest BCUT2D eigenvalue weighted by molar-refractivity contribution is 6.33. The molecule has 0 saturated carbocycles. The highest BCUT2D eigenvalue weighted by atomic mass is 35.5. The Morgan fingerprint density at radius 2 is 2.21 bits per heavy atom. The monoisotopic (exact) mass is 288 g/mol. The number of nitrogens with one attached hydrogen (secondary N) is 1. The Bertz CT molecular complexity index is 440. The molecule has 0 heterocycles. The van der Waals surface area contributed by atoms with Gasteiger partial charge in [-0.1, -0.05) is 11.6 Å². The molecule has 0 amide bonds. The zero-order chi connectivity index (χ0) is 14.3. The molecule has 0 bridgehead atoms. The van der Waals surface area contributed by atoms with E-state index in [1.165, 1.54) is 6.07 Å². The Labute approximate surface area is 116 Å². The van der Waals surface area contributed by atoms with Crippen LogP contribution in [0.1, 0.15) is 12.0 Å². The molecule has 7 heteroatoms. The summed E-state index contributed by atoms with van der Waals surface area (Å²) in [5.74, 6) is 0. The van der Waals surface area contributed by atoms with Crippen LogP contribution in [-0.2, 0) is 4.74 Å². The van der Waals surface area contributed by atoms with Gasteiger partial charge in [-0.3, -0.25) is 10.1 Å². The molecule has 0 aliphatic carbocycles. The number of hydrogen-bond acceptors (Lipinski definition) is 5. The van der Waals surface area contributed by atoms with Crippen molar-refractivity contribution in [3.05, 3.63) is 32.8 Å². The summed E-state index contributed by atoms with van der Waals surface area (Å²) in [6.07, 6.45) is 0.772. The number of benzene rings is 1. The van der Waals surface area contributed by atoms with Gasteiger partial charge >= 0.3 is 0 Å². The van der Waals surface area contributed by atoms with E-state index in [0.29, 0.717) is 19.8 Å². The van der Waals surface area contributed by atoms with Gasteiger partial charge in [0.25, 0.3) is 5.69 Å². The molecule has 0 aromatic heterocycles. The molecule has 0 fully saturated rings. The van der Waals surface area contributed by atoms with Gasteiger partial charge in [-0.25, -0.2) is 0 Å². The predicted molar refractivity (Wildman–Crippen MR) is 73.9 cm³/mol. The Morgan fingerprint density at radius 3 is 2.84 bits per heavy atom. The Hall–Kier alpha value is -1.37. The fraction of sp³-hybridized carbons (Fsp3) is 0.500. The van der Waals surface area contributed by atoms with Crippen LogP contribution in [0.25, 0.3) is 0 Å². The summed E-state index contributed by atoms with van der Waals surface area (Å²) < 4.78 is 5.12. The second-order valence-corrected chi connectivity index (χ2v) is 4.40. The van der Waals surface area contributed by atoms with Crippen LogP contribution in [0.4, 0.5) is 11.4 Å². The van der Waals surface area contributed by atoms with Crippen molar-refractivity contribution in [2.24, 2.45) is 0 Å². The first-order valence-corrected chi connectivity index (χ1v) is 6.31. The molecule has 0 unspecified atom stereocenters. The molecule has 106 valence electrons. The first kappa shape index (κ1) is 15.7. The number of rotatable bonds is 8. The van der Waals surface area contributed by atoms with Gasteiger partial charge in [-0.15, -0.1) is 0 Å². The average molecular weight is 289 g/mol. The summed E-state index contributed by atoms with van der Waals surface area (Å²) in [6.45, 7) is 3.36. The maximum Gasteiger partial charge on any atom is 0.288 e. The maximum atomic E-state index is 10.7. The minimum atomic E-state index is -0.498. The van der Waals surface area contributed by atoms with Crippen molar-refractivity contribution in [2.45, 2.75) is 13.3 Å². The van der Waals surface area contributed by atoms with Gasteiger partial charge in [-0.05, 0) is 25.0 Å². The number of nitro benzene ring substituents is 1. The molecular formula is C12H17ClN2O4. The van der Waals surface area contributed by atoms with E-state index in [0.717, 1.165) is 17.7 Å².